The number of nitriles is 1. The number of thioether (sulfide) groups is 1. The molecule has 10 rings (SSSR count). The van der Waals surface area contributed by atoms with Crippen molar-refractivity contribution in [3.63, 3.8) is 0 Å². The topological polar surface area (TPSA) is 172 Å². The molecule has 0 aliphatic carbocycles. The lowest BCUT2D eigenvalue weighted by molar-refractivity contribution is -0.161. The Morgan fingerprint density at radius 3 is 2.56 bits per heavy atom. The number of ether oxygens (including phenoxy) is 6. The number of esters is 2. The quantitative estimate of drug-likeness (QED) is 0.258. The zero-order valence-corrected chi connectivity index (χ0v) is 32.2. The molecular weight excluding hydrogens is 729 g/mol. The molecule has 3 aromatic rings. The molecule has 288 valence electrons. The van der Waals surface area contributed by atoms with E-state index in [1.54, 1.807) is 12.1 Å². The number of nitrogens with one attached hydrogen (secondary N) is 1. The Labute approximate surface area is 322 Å². The van der Waals surface area contributed by atoms with Crippen molar-refractivity contribution in [2.24, 2.45) is 0 Å². The second kappa shape index (κ2) is 12.8. The molecule has 7 heterocycles. The number of hydrogen-bond acceptors (Lipinski definition) is 15. The maximum atomic E-state index is 14.9. The highest BCUT2D eigenvalue weighted by Crippen LogP contribution is 2.63. The van der Waals surface area contributed by atoms with E-state index in [9.17, 15) is 25.1 Å². The van der Waals surface area contributed by atoms with Crippen LogP contribution in [0.25, 0.3) is 0 Å². The largest absolute Gasteiger partial charge is 0.504 e. The molecule has 3 N–H and O–H groups in total. The van der Waals surface area contributed by atoms with Gasteiger partial charge in [-0.3, -0.25) is 14.6 Å². The second-order valence-corrected chi connectivity index (χ2v) is 16.2. The van der Waals surface area contributed by atoms with Crippen LogP contribution in [-0.4, -0.2) is 97.0 Å². The first-order valence-corrected chi connectivity index (χ1v) is 19.4. The third-order valence-electron chi connectivity index (χ3n) is 12.4. The fourth-order valence-corrected chi connectivity index (χ4v) is 11.9. The van der Waals surface area contributed by atoms with Gasteiger partial charge in [0, 0.05) is 53.6 Å². The third-order valence-corrected chi connectivity index (χ3v) is 13.9. The van der Waals surface area contributed by atoms with Crippen LogP contribution >= 0.6 is 11.8 Å². The SMILES string of the molecule is COc1cc2c(cc1O)CCN(C)[C@]21CS[C@@H]2c3c(OC(C)=O)c(C)c4c(c3[C@H](COC1=O)N1C2[C@H]2N[C@@H](Cc3cc(C)c(OC)c(O)c32)[C@@H]1C#N)OCO4. The summed E-state index contributed by atoms with van der Waals surface area (Å²) in [6, 6.07) is 5.13. The summed E-state index contributed by atoms with van der Waals surface area (Å²) in [5.74, 6) is 1.01. The second-order valence-electron chi connectivity index (χ2n) is 15.1. The van der Waals surface area contributed by atoms with E-state index < -0.39 is 46.9 Å². The van der Waals surface area contributed by atoms with Crippen molar-refractivity contribution in [3.05, 3.63) is 62.7 Å². The molecule has 4 bridgehead atoms. The molecule has 3 aromatic carbocycles. The lowest BCUT2D eigenvalue weighted by Crippen LogP contribution is -2.69. The molecule has 2 fully saturated rings. The number of rotatable bonds is 3. The van der Waals surface area contributed by atoms with Gasteiger partial charge in [0.1, 0.15) is 18.4 Å². The van der Waals surface area contributed by atoms with Crippen LogP contribution in [0.4, 0.5) is 0 Å². The average molecular weight is 771 g/mol. The molecule has 14 nitrogen and oxygen atoms in total. The normalized spacial score (nSPS) is 28.9. The van der Waals surface area contributed by atoms with Crippen molar-refractivity contribution >= 4 is 23.7 Å². The summed E-state index contributed by atoms with van der Waals surface area (Å²) in [6.07, 6.45) is 1.05. The van der Waals surface area contributed by atoms with Crippen LogP contribution in [-0.2, 0) is 32.7 Å². The van der Waals surface area contributed by atoms with Crippen LogP contribution in [0.2, 0.25) is 0 Å². The summed E-state index contributed by atoms with van der Waals surface area (Å²) in [4.78, 5) is 32.0. The summed E-state index contributed by atoms with van der Waals surface area (Å²) in [7, 11) is 4.89. The van der Waals surface area contributed by atoms with Gasteiger partial charge in [-0.2, -0.15) is 5.26 Å². The molecule has 2 saturated heterocycles. The Kier molecular flexibility index (Phi) is 8.36. The number of aromatic hydroxyl groups is 2. The first kappa shape index (κ1) is 35.8. The van der Waals surface area contributed by atoms with Crippen LogP contribution in [0.3, 0.4) is 0 Å². The van der Waals surface area contributed by atoms with Crippen LogP contribution in [0, 0.1) is 25.2 Å². The van der Waals surface area contributed by atoms with Crippen LogP contribution < -0.4 is 29.0 Å². The van der Waals surface area contributed by atoms with E-state index in [0.29, 0.717) is 70.2 Å². The summed E-state index contributed by atoms with van der Waals surface area (Å²) in [5, 5.41) is 37.0. The number of fused-ring (bicyclic) bond motifs is 9. The number of benzene rings is 3. The van der Waals surface area contributed by atoms with Crippen molar-refractivity contribution in [2.45, 2.75) is 74.6 Å². The highest BCUT2D eigenvalue weighted by Gasteiger charge is 2.61. The van der Waals surface area contributed by atoms with Gasteiger partial charge in [0.15, 0.2) is 40.0 Å². The van der Waals surface area contributed by atoms with Crippen molar-refractivity contribution in [2.75, 3.05) is 47.0 Å². The van der Waals surface area contributed by atoms with Crippen molar-refractivity contribution in [1.29, 1.82) is 5.26 Å². The Balaban J connectivity index is 1.33. The van der Waals surface area contributed by atoms with E-state index in [1.165, 1.54) is 32.9 Å². The van der Waals surface area contributed by atoms with Crippen molar-refractivity contribution in [1.82, 2.24) is 15.1 Å². The van der Waals surface area contributed by atoms with Crippen LogP contribution in [0.15, 0.2) is 18.2 Å². The number of likely N-dealkylation sites (N-methyl/N-ethyl adjacent to an activating group) is 1. The minimum absolute atomic E-state index is 0.0187. The fraction of sp³-hybridized carbons (Fsp3) is 0.475. The highest BCUT2D eigenvalue weighted by molar-refractivity contribution is 7.99. The standard InChI is InChI=1S/C40H42N4O10S/c1-17-9-21-10-23-24(13-41)44-25-14-51-39(48)40(22-12-27(49-5)26(46)11-20(22)7-8-43(40)4)15-55-38(32(44)31(42-23)28(21)33(47)34(17)50-6)30-29(25)37-36(52-16-53-37)18(2)35(30)54-19(3)45/h9,11-12,23-25,31-32,38,42,46-47H,7-8,10,14-16H2,1-6H3/t23-,24-,25-,31-,32?,38+,40+/m0/s1. The number of hydrogen-bond donors (Lipinski definition) is 3. The third kappa shape index (κ3) is 4.90. The van der Waals surface area contributed by atoms with E-state index in [4.69, 9.17) is 28.4 Å². The summed E-state index contributed by atoms with van der Waals surface area (Å²) in [6.45, 7) is 5.34. The smallest absolute Gasteiger partial charge is 0.332 e. The zero-order valence-electron chi connectivity index (χ0n) is 31.3. The molecule has 0 aromatic heterocycles. The van der Waals surface area contributed by atoms with Gasteiger partial charge in [-0.1, -0.05) is 6.07 Å². The Morgan fingerprint density at radius 2 is 1.84 bits per heavy atom. The molecule has 1 unspecified atom stereocenters. The lowest BCUT2D eigenvalue weighted by atomic mass is 9.72. The maximum Gasteiger partial charge on any atom is 0.332 e. The molecule has 1 spiro atoms. The van der Waals surface area contributed by atoms with E-state index in [1.807, 2.05) is 31.9 Å². The number of carbonyl (C=O) groups is 2. The minimum Gasteiger partial charge on any atom is -0.504 e. The Bertz CT molecular complexity index is 2220. The number of carbonyl (C=O) groups excluding carboxylic acids is 2. The molecule has 7 atom stereocenters. The molecule has 55 heavy (non-hydrogen) atoms. The number of aryl methyl sites for hydroxylation is 1. The lowest BCUT2D eigenvalue weighted by Gasteiger charge is -2.59. The van der Waals surface area contributed by atoms with E-state index in [2.05, 4.69) is 16.3 Å². The van der Waals surface area contributed by atoms with Gasteiger partial charge in [0.25, 0.3) is 0 Å². The van der Waals surface area contributed by atoms with Gasteiger partial charge in [0.05, 0.1) is 37.6 Å². The average Bonchev–Trinajstić information content (AvgIpc) is 3.65. The monoisotopic (exact) mass is 770 g/mol. The Morgan fingerprint density at radius 1 is 1.05 bits per heavy atom. The van der Waals surface area contributed by atoms with Gasteiger partial charge in [-0.05, 0) is 68.1 Å². The maximum absolute atomic E-state index is 14.9. The molecule has 0 saturated carbocycles. The first-order chi connectivity index (χ1) is 26.4. The number of phenolic OH excluding ortho intramolecular Hbond substituents is 2. The molecule has 0 amide bonds. The zero-order chi connectivity index (χ0) is 38.7. The minimum atomic E-state index is -1.32. The van der Waals surface area contributed by atoms with E-state index >= 15 is 0 Å². The number of piperazine rings is 1. The number of nitrogens with zero attached hydrogens (tertiary/aromatic N) is 3. The molecule has 7 aliphatic rings. The summed E-state index contributed by atoms with van der Waals surface area (Å²) in [5.41, 5.74) is 4.44. The van der Waals surface area contributed by atoms with Gasteiger partial charge in [-0.25, -0.2) is 4.79 Å². The predicted octanol–water partition coefficient (Wildman–Crippen LogP) is 3.99. The molecular formula is C40H42N4O10S. The van der Waals surface area contributed by atoms with Gasteiger partial charge < -0.3 is 44.0 Å². The number of methoxy groups -OCH3 is 2. The van der Waals surface area contributed by atoms with Gasteiger partial charge in [-0.15, -0.1) is 11.8 Å². The van der Waals surface area contributed by atoms with Crippen LogP contribution in [0.5, 0.6) is 40.2 Å². The molecule has 15 heteroatoms. The Hall–Kier alpha value is -4.88. The highest BCUT2D eigenvalue weighted by atomic mass is 32.2. The molecule has 0 radical (unpaired) electrons. The number of phenols is 2. The summed E-state index contributed by atoms with van der Waals surface area (Å²) < 4.78 is 36.1. The predicted molar refractivity (Wildman–Crippen MR) is 198 cm³/mol. The molecule has 7 aliphatic heterocycles. The first-order valence-electron chi connectivity index (χ1n) is 18.3. The van der Waals surface area contributed by atoms with Crippen LogP contribution in [0.1, 0.15) is 68.8 Å². The van der Waals surface area contributed by atoms with Gasteiger partial charge in [0.2, 0.25) is 6.79 Å². The van der Waals surface area contributed by atoms with Crippen molar-refractivity contribution in [3.8, 4) is 46.3 Å². The van der Waals surface area contributed by atoms with E-state index in [-0.39, 0.29) is 42.4 Å². The van der Waals surface area contributed by atoms with E-state index in [0.717, 1.165) is 16.7 Å². The van der Waals surface area contributed by atoms with Crippen molar-refractivity contribution < 1.29 is 48.2 Å². The summed E-state index contributed by atoms with van der Waals surface area (Å²) >= 11 is 1.49. The van der Waals surface area contributed by atoms with Gasteiger partial charge >= 0.3 is 11.9 Å². The fourth-order valence-electron chi connectivity index (χ4n) is 10.1.